The fraction of sp³-hybridized carbons (Fsp3) is 0.531. The standard InChI is InChI=1S/C32H46N2O2/c1-4-6-8-10-12-14-24-35-29-20-16-27(17-21-29)31-26-32(34(3)33-31)28-18-22-30(23-19-28)36-25-15-13-11-9-7-5-2/h16-23,26H,4-15,24-25H2,1-3H3. The van der Waals surface area contributed by atoms with Crippen LogP contribution in [0, 0.1) is 0 Å². The first kappa shape index (κ1) is 27.8. The van der Waals surface area contributed by atoms with Crippen LogP contribution in [0.3, 0.4) is 0 Å². The third-order valence-corrected chi connectivity index (χ3v) is 6.71. The van der Waals surface area contributed by atoms with Crippen LogP contribution in [0.25, 0.3) is 22.5 Å². The molecule has 4 heteroatoms. The van der Waals surface area contributed by atoms with Gasteiger partial charge in [-0.05, 0) is 67.4 Å². The van der Waals surface area contributed by atoms with Crippen molar-refractivity contribution in [3.05, 3.63) is 54.6 Å². The molecule has 0 bridgehead atoms. The summed E-state index contributed by atoms with van der Waals surface area (Å²) >= 11 is 0. The Morgan fingerprint density at radius 2 is 1.03 bits per heavy atom. The van der Waals surface area contributed by atoms with Crippen LogP contribution < -0.4 is 9.47 Å². The minimum Gasteiger partial charge on any atom is -0.494 e. The van der Waals surface area contributed by atoms with Crippen LogP contribution >= 0.6 is 0 Å². The molecular formula is C32H46N2O2. The van der Waals surface area contributed by atoms with Crippen LogP contribution in [0.1, 0.15) is 90.9 Å². The average Bonchev–Trinajstić information content (AvgIpc) is 3.30. The van der Waals surface area contributed by atoms with Crippen molar-refractivity contribution in [2.24, 2.45) is 7.05 Å². The van der Waals surface area contributed by atoms with Gasteiger partial charge in [-0.2, -0.15) is 5.10 Å². The smallest absolute Gasteiger partial charge is 0.119 e. The molecule has 0 radical (unpaired) electrons. The highest BCUT2D eigenvalue weighted by molar-refractivity contribution is 5.69. The molecule has 2 aromatic carbocycles. The highest BCUT2D eigenvalue weighted by atomic mass is 16.5. The van der Waals surface area contributed by atoms with E-state index in [9.17, 15) is 0 Å². The second-order valence-electron chi connectivity index (χ2n) is 9.82. The third-order valence-electron chi connectivity index (χ3n) is 6.71. The van der Waals surface area contributed by atoms with Crippen molar-refractivity contribution in [2.75, 3.05) is 13.2 Å². The summed E-state index contributed by atoms with van der Waals surface area (Å²) in [6.45, 7) is 6.09. The van der Waals surface area contributed by atoms with Gasteiger partial charge in [0.25, 0.3) is 0 Å². The molecule has 0 atom stereocenters. The highest BCUT2D eigenvalue weighted by Crippen LogP contribution is 2.28. The molecule has 0 spiro atoms. The quantitative estimate of drug-likeness (QED) is 0.167. The summed E-state index contributed by atoms with van der Waals surface area (Å²) in [5.41, 5.74) is 4.30. The van der Waals surface area contributed by atoms with E-state index in [0.29, 0.717) is 0 Å². The molecule has 0 amide bonds. The molecule has 0 aliphatic heterocycles. The molecule has 36 heavy (non-hydrogen) atoms. The average molecular weight is 491 g/mol. The highest BCUT2D eigenvalue weighted by Gasteiger charge is 2.10. The second kappa shape index (κ2) is 16.1. The van der Waals surface area contributed by atoms with Gasteiger partial charge >= 0.3 is 0 Å². The van der Waals surface area contributed by atoms with Crippen molar-refractivity contribution in [3.8, 4) is 34.0 Å². The maximum absolute atomic E-state index is 5.94. The molecule has 4 nitrogen and oxygen atoms in total. The predicted octanol–water partition coefficient (Wildman–Crippen LogP) is 9.23. The monoisotopic (exact) mass is 490 g/mol. The topological polar surface area (TPSA) is 36.3 Å². The van der Waals surface area contributed by atoms with Crippen molar-refractivity contribution in [1.82, 2.24) is 9.78 Å². The van der Waals surface area contributed by atoms with Gasteiger partial charge in [-0.1, -0.05) is 78.1 Å². The number of rotatable bonds is 18. The Kier molecular flexibility index (Phi) is 12.4. The molecule has 196 valence electrons. The molecule has 1 aromatic heterocycles. The Balaban J connectivity index is 1.46. The molecule has 3 aromatic rings. The second-order valence-corrected chi connectivity index (χ2v) is 9.82. The Morgan fingerprint density at radius 3 is 1.53 bits per heavy atom. The molecule has 0 aliphatic rings. The molecule has 0 aliphatic carbocycles. The number of hydrogen-bond donors (Lipinski definition) is 0. The Morgan fingerprint density at radius 1 is 0.583 bits per heavy atom. The zero-order valence-electron chi connectivity index (χ0n) is 22.8. The van der Waals surface area contributed by atoms with Crippen molar-refractivity contribution in [3.63, 3.8) is 0 Å². The molecule has 3 rings (SSSR count). The number of aromatic nitrogens is 2. The normalized spacial score (nSPS) is 11.1. The zero-order valence-corrected chi connectivity index (χ0v) is 22.8. The number of hydrogen-bond acceptors (Lipinski definition) is 3. The van der Waals surface area contributed by atoms with Crippen LogP contribution in [-0.2, 0) is 7.05 Å². The lowest BCUT2D eigenvalue weighted by atomic mass is 10.1. The van der Waals surface area contributed by atoms with E-state index in [2.05, 4.69) is 68.4 Å². The van der Waals surface area contributed by atoms with E-state index in [1.165, 1.54) is 64.2 Å². The van der Waals surface area contributed by atoms with Crippen LogP contribution in [0.4, 0.5) is 0 Å². The number of unbranched alkanes of at least 4 members (excludes halogenated alkanes) is 10. The van der Waals surface area contributed by atoms with Crippen LogP contribution in [0.15, 0.2) is 54.6 Å². The lowest BCUT2D eigenvalue weighted by Crippen LogP contribution is -1.98. The van der Waals surface area contributed by atoms with E-state index >= 15 is 0 Å². The molecular weight excluding hydrogens is 444 g/mol. The van der Waals surface area contributed by atoms with Crippen LogP contribution in [-0.4, -0.2) is 23.0 Å². The minimum absolute atomic E-state index is 0.790. The van der Waals surface area contributed by atoms with E-state index in [-0.39, 0.29) is 0 Å². The van der Waals surface area contributed by atoms with Crippen molar-refractivity contribution < 1.29 is 9.47 Å². The molecule has 0 fully saturated rings. The van der Waals surface area contributed by atoms with E-state index in [4.69, 9.17) is 14.6 Å². The molecule has 0 saturated heterocycles. The van der Waals surface area contributed by atoms with Gasteiger partial charge in [0.05, 0.1) is 24.6 Å². The summed E-state index contributed by atoms with van der Waals surface area (Å²) in [6, 6.07) is 18.8. The number of benzene rings is 2. The van der Waals surface area contributed by atoms with Gasteiger partial charge in [0.2, 0.25) is 0 Å². The minimum atomic E-state index is 0.790. The number of ether oxygens (including phenoxy) is 2. The summed E-state index contributed by atoms with van der Waals surface area (Å²) in [7, 11) is 2.00. The lowest BCUT2D eigenvalue weighted by molar-refractivity contribution is 0.304. The van der Waals surface area contributed by atoms with Crippen molar-refractivity contribution >= 4 is 0 Å². The lowest BCUT2D eigenvalue weighted by Gasteiger charge is -2.07. The predicted molar refractivity (Wildman–Crippen MR) is 152 cm³/mol. The largest absolute Gasteiger partial charge is 0.494 e. The fourth-order valence-corrected chi connectivity index (χ4v) is 4.47. The molecule has 0 saturated carbocycles. The van der Waals surface area contributed by atoms with Crippen LogP contribution in [0.5, 0.6) is 11.5 Å². The summed E-state index contributed by atoms with van der Waals surface area (Å²) < 4.78 is 13.8. The molecule has 0 unspecified atom stereocenters. The Hall–Kier alpha value is -2.75. The first-order valence-corrected chi connectivity index (χ1v) is 14.2. The van der Waals surface area contributed by atoms with Gasteiger partial charge < -0.3 is 9.47 Å². The first-order chi connectivity index (χ1) is 17.7. The van der Waals surface area contributed by atoms with Gasteiger partial charge in [-0.15, -0.1) is 0 Å². The summed E-state index contributed by atoms with van der Waals surface area (Å²) in [4.78, 5) is 0. The number of aryl methyl sites for hydroxylation is 1. The van der Waals surface area contributed by atoms with E-state index in [0.717, 1.165) is 60.1 Å². The maximum atomic E-state index is 5.94. The van der Waals surface area contributed by atoms with Gasteiger partial charge in [0.1, 0.15) is 11.5 Å². The zero-order chi connectivity index (χ0) is 25.4. The van der Waals surface area contributed by atoms with Gasteiger partial charge in [-0.3, -0.25) is 4.68 Å². The number of nitrogens with zero attached hydrogens (tertiary/aromatic N) is 2. The van der Waals surface area contributed by atoms with E-state index < -0.39 is 0 Å². The van der Waals surface area contributed by atoms with Gasteiger partial charge in [0.15, 0.2) is 0 Å². The fourth-order valence-electron chi connectivity index (χ4n) is 4.47. The van der Waals surface area contributed by atoms with E-state index in [1.54, 1.807) is 0 Å². The maximum Gasteiger partial charge on any atom is 0.119 e. The molecule has 1 heterocycles. The summed E-state index contributed by atoms with van der Waals surface area (Å²) in [5, 5.41) is 4.76. The SMILES string of the molecule is CCCCCCCCOc1ccc(-c2cc(-c3ccc(OCCCCCCCC)cc3)n(C)n2)cc1. The van der Waals surface area contributed by atoms with Crippen molar-refractivity contribution in [2.45, 2.75) is 90.9 Å². The molecule has 0 N–H and O–H groups in total. The Labute approximate surface area is 219 Å². The third kappa shape index (κ3) is 9.37. The van der Waals surface area contributed by atoms with Crippen LogP contribution in [0.2, 0.25) is 0 Å². The Bertz CT molecular complexity index is 976. The van der Waals surface area contributed by atoms with Gasteiger partial charge in [-0.25, -0.2) is 0 Å². The summed E-state index contributed by atoms with van der Waals surface area (Å²) in [6.07, 6.45) is 15.3. The van der Waals surface area contributed by atoms with E-state index in [1.807, 2.05) is 11.7 Å². The first-order valence-electron chi connectivity index (χ1n) is 14.2. The van der Waals surface area contributed by atoms with Crippen molar-refractivity contribution in [1.29, 1.82) is 0 Å². The van der Waals surface area contributed by atoms with Gasteiger partial charge in [0, 0.05) is 18.2 Å². The summed E-state index contributed by atoms with van der Waals surface area (Å²) in [5.74, 6) is 1.87.